The van der Waals surface area contributed by atoms with Gasteiger partial charge in [0.15, 0.2) is 11.5 Å². The fraction of sp³-hybridized carbons (Fsp3) is 0.471. The molecule has 8 heteroatoms. The van der Waals surface area contributed by atoms with E-state index in [1.54, 1.807) is 18.2 Å². The van der Waals surface area contributed by atoms with Crippen molar-refractivity contribution in [2.75, 3.05) is 19.9 Å². The number of carbonyl (C=O) groups is 3. The van der Waals surface area contributed by atoms with Gasteiger partial charge in [-0.3, -0.25) is 14.4 Å². The van der Waals surface area contributed by atoms with Crippen molar-refractivity contribution in [3.63, 3.8) is 0 Å². The van der Waals surface area contributed by atoms with Crippen LogP contribution < -0.4 is 14.8 Å². The van der Waals surface area contributed by atoms with Crippen LogP contribution in [0.15, 0.2) is 18.2 Å². The minimum Gasteiger partial charge on any atom is -0.481 e. The van der Waals surface area contributed by atoms with Gasteiger partial charge in [-0.1, -0.05) is 6.92 Å². The van der Waals surface area contributed by atoms with Crippen molar-refractivity contribution < 1.29 is 29.0 Å². The monoisotopic (exact) mass is 348 g/mol. The van der Waals surface area contributed by atoms with E-state index in [4.69, 9.17) is 14.6 Å². The van der Waals surface area contributed by atoms with Gasteiger partial charge in [-0.05, 0) is 31.0 Å². The van der Waals surface area contributed by atoms with Gasteiger partial charge >= 0.3 is 5.97 Å². The van der Waals surface area contributed by atoms with Gasteiger partial charge in [0, 0.05) is 18.7 Å². The van der Waals surface area contributed by atoms with E-state index in [2.05, 4.69) is 5.32 Å². The first-order valence-corrected chi connectivity index (χ1v) is 8.18. The molecule has 134 valence electrons. The van der Waals surface area contributed by atoms with Crippen molar-refractivity contribution in [3.05, 3.63) is 23.8 Å². The number of carbonyl (C=O) groups excluding carboxylic acids is 2. The maximum atomic E-state index is 12.8. The largest absolute Gasteiger partial charge is 0.481 e. The minimum atomic E-state index is -0.972. The van der Waals surface area contributed by atoms with Crippen molar-refractivity contribution >= 4 is 17.8 Å². The lowest BCUT2D eigenvalue weighted by Crippen LogP contribution is -2.47. The van der Waals surface area contributed by atoms with Crippen LogP contribution in [0.1, 0.15) is 30.1 Å². The second-order valence-corrected chi connectivity index (χ2v) is 6.21. The molecule has 2 heterocycles. The molecule has 3 rings (SSSR count). The summed E-state index contributed by atoms with van der Waals surface area (Å²) in [5.74, 6) is -1.11. The van der Waals surface area contributed by atoms with Crippen molar-refractivity contribution in [2.45, 2.75) is 25.8 Å². The smallest absolute Gasteiger partial charge is 0.308 e. The highest BCUT2D eigenvalue weighted by molar-refractivity contribution is 5.98. The number of aliphatic carboxylic acids is 1. The Morgan fingerprint density at radius 1 is 1.32 bits per heavy atom. The van der Waals surface area contributed by atoms with Gasteiger partial charge < -0.3 is 24.8 Å². The molecular weight excluding hydrogens is 328 g/mol. The summed E-state index contributed by atoms with van der Waals surface area (Å²) in [6.07, 6.45) is 1.28. The zero-order valence-electron chi connectivity index (χ0n) is 13.9. The first kappa shape index (κ1) is 17.1. The van der Waals surface area contributed by atoms with Crippen LogP contribution in [0.3, 0.4) is 0 Å². The second-order valence-electron chi connectivity index (χ2n) is 6.21. The highest BCUT2D eigenvalue weighted by Gasteiger charge is 2.35. The molecule has 0 saturated carbocycles. The molecule has 0 bridgehead atoms. The van der Waals surface area contributed by atoms with Crippen LogP contribution in [0, 0.1) is 5.92 Å². The van der Waals surface area contributed by atoms with E-state index < -0.39 is 17.9 Å². The Hall–Kier alpha value is -2.77. The highest BCUT2D eigenvalue weighted by Crippen LogP contribution is 2.33. The van der Waals surface area contributed by atoms with E-state index in [9.17, 15) is 14.4 Å². The normalized spacial score (nSPS) is 19.6. The number of rotatable bonds is 5. The molecule has 25 heavy (non-hydrogen) atoms. The number of carboxylic acid groups (broad SMARTS) is 1. The molecule has 2 atom stereocenters. The number of hydrogen-bond acceptors (Lipinski definition) is 5. The number of amides is 2. The Morgan fingerprint density at radius 2 is 2.08 bits per heavy atom. The Morgan fingerprint density at radius 3 is 2.84 bits per heavy atom. The third kappa shape index (κ3) is 3.52. The molecule has 1 aromatic carbocycles. The van der Waals surface area contributed by atoms with Crippen LogP contribution in [0.25, 0.3) is 0 Å². The summed E-state index contributed by atoms with van der Waals surface area (Å²) < 4.78 is 10.5. The van der Waals surface area contributed by atoms with Crippen LogP contribution in [0.4, 0.5) is 0 Å². The summed E-state index contributed by atoms with van der Waals surface area (Å²) in [5.41, 5.74) is 0.433. The van der Waals surface area contributed by atoms with Crippen molar-refractivity contribution in [1.29, 1.82) is 0 Å². The van der Waals surface area contributed by atoms with Gasteiger partial charge in [0.1, 0.15) is 6.04 Å². The molecule has 0 spiro atoms. The highest BCUT2D eigenvalue weighted by atomic mass is 16.7. The third-order valence-electron chi connectivity index (χ3n) is 4.44. The first-order chi connectivity index (χ1) is 12.0. The summed E-state index contributed by atoms with van der Waals surface area (Å²) in [7, 11) is 0. The molecule has 2 amide bonds. The summed E-state index contributed by atoms with van der Waals surface area (Å²) in [6, 6.07) is 4.36. The quantitative estimate of drug-likeness (QED) is 0.818. The average molecular weight is 348 g/mol. The van der Waals surface area contributed by atoms with Crippen LogP contribution in [0.2, 0.25) is 0 Å². The number of likely N-dealkylation sites (tertiary alicyclic amines) is 1. The van der Waals surface area contributed by atoms with E-state index in [0.29, 0.717) is 30.0 Å². The molecule has 1 aromatic rings. The standard InChI is InChI=1S/C17H20N2O6/c1-10(17(22)23)8-18-15(20)12-3-2-6-19(12)16(21)11-4-5-13-14(7-11)25-9-24-13/h4-5,7,10,12H,2-3,6,8-9H2,1H3,(H,18,20)(H,22,23). The van der Waals surface area contributed by atoms with Crippen LogP contribution in [0.5, 0.6) is 11.5 Å². The van der Waals surface area contributed by atoms with Crippen molar-refractivity contribution in [2.24, 2.45) is 5.92 Å². The van der Waals surface area contributed by atoms with Crippen LogP contribution in [-0.2, 0) is 9.59 Å². The van der Waals surface area contributed by atoms with Gasteiger partial charge in [-0.15, -0.1) is 0 Å². The summed E-state index contributed by atoms with van der Waals surface area (Å²) in [6.45, 7) is 2.17. The Kier molecular flexibility index (Phi) is 4.78. The molecule has 2 N–H and O–H groups in total. The lowest BCUT2D eigenvalue weighted by molar-refractivity contribution is -0.141. The Labute approximate surface area is 144 Å². The zero-order valence-corrected chi connectivity index (χ0v) is 13.9. The molecule has 1 saturated heterocycles. The average Bonchev–Trinajstić information content (AvgIpc) is 3.26. The number of nitrogens with one attached hydrogen (secondary N) is 1. The third-order valence-corrected chi connectivity index (χ3v) is 4.44. The Bertz CT molecular complexity index is 704. The molecule has 2 unspecified atom stereocenters. The predicted molar refractivity (Wildman–Crippen MR) is 86.4 cm³/mol. The zero-order chi connectivity index (χ0) is 18.0. The fourth-order valence-electron chi connectivity index (χ4n) is 2.94. The number of fused-ring (bicyclic) bond motifs is 1. The number of ether oxygens (including phenoxy) is 2. The van der Waals surface area contributed by atoms with Gasteiger partial charge in [0.05, 0.1) is 5.92 Å². The molecule has 1 fully saturated rings. The van der Waals surface area contributed by atoms with E-state index >= 15 is 0 Å². The predicted octanol–water partition coefficient (Wildman–Crippen LogP) is 0.857. The van der Waals surface area contributed by atoms with E-state index in [1.807, 2.05) is 0 Å². The van der Waals surface area contributed by atoms with E-state index in [0.717, 1.165) is 6.42 Å². The Balaban J connectivity index is 1.67. The van der Waals surface area contributed by atoms with E-state index in [1.165, 1.54) is 11.8 Å². The number of nitrogens with zero attached hydrogens (tertiary/aromatic N) is 1. The summed E-state index contributed by atoms with van der Waals surface area (Å²) >= 11 is 0. The molecular formula is C17H20N2O6. The van der Waals surface area contributed by atoms with Crippen LogP contribution >= 0.6 is 0 Å². The second kappa shape index (κ2) is 7.00. The molecule has 0 radical (unpaired) electrons. The van der Waals surface area contributed by atoms with Gasteiger partial charge in [-0.25, -0.2) is 0 Å². The number of benzene rings is 1. The topological polar surface area (TPSA) is 105 Å². The molecule has 8 nitrogen and oxygen atoms in total. The van der Waals surface area contributed by atoms with Crippen molar-refractivity contribution in [3.8, 4) is 11.5 Å². The minimum absolute atomic E-state index is 0.0384. The first-order valence-electron chi connectivity index (χ1n) is 8.18. The van der Waals surface area contributed by atoms with Gasteiger partial charge in [0.25, 0.3) is 5.91 Å². The van der Waals surface area contributed by atoms with E-state index in [-0.39, 0.29) is 25.2 Å². The maximum absolute atomic E-state index is 12.8. The van der Waals surface area contributed by atoms with Crippen molar-refractivity contribution in [1.82, 2.24) is 10.2 Å². The SMILES string of the molecule is CC(CNC(=O)C1CCCN1C(=O)c1ccc2c(c1)OCO2)C(=O)O. The summed E-state index contributed by atoms with van der Waals surface area (Å²) in [5, 5.41) is 11.5. The number of hydrogen-bond donors (Lipinski definition) is 2. The number of carboxylic acids is 1. The lowest BCUT2D eigenvalue weighted by Gasteiger charge is -2.24. The maximum Gasteiger partial charge on any atom is 0.308 e. The van der Waals surface area contributed by atoms with Gasteiger partial charge in [-0.2, -0.15) is 0 Å². The van der Waals surface area contributed by atoms with Crippen LogP contribution in [-0.4, -0.2) is 53.7 Å². The summed E-state index contributed by atoms with van der Waals surface area (Å²) in [4.78, 5) is 37.5. The molecule has 2 aliphatic rings. The fourth-order valence-corrected chi connectivity index (χ4v) is 2.94. The molecule has 0 aromatic heterocycles. The molecule has 2 aliphatic heterocycles. The lowest BCUT2D eigenvalue weighted by atomic mass is 10.1. The molecule has 0 aliphatic carbocycles. The van der Waals surface area contributed by atoms with Gasteiger partial charge in [0.2, 0.25) is 12.7 Å².